The van der Waals surface area contributed by atoms with Gasteiger partial charge in [0.25, 0.3) is 0 Å². The van der Waals surface area contributed by atoms with Crippen molar-refractivity contribution in [1.82, 2.24) is 9.62 Å². The molecule has 3 rings (SSSR count). The molecule has 11 heteroatoms. The molecule has 1 saturated heterocycles. The fourth-order valence-corrected chi connectivity index (χ4v) is 5.73. The average Bonchev–Trinajstić information content (AvgIpc) is 2.83. The normalized spacial score (nSPS) is 15.8. The molecule has 1 fully saturated rings. The minimum atomic E-state index is -4.85. The Bertz CT molecular complexity index is 1210. The van der Waals surface area contributed by atoms with Crippen LogP contribution in [0, 0.1) is 19.3 Å². The molecular weight excluding hydrogens is 521 g/mol. The van der Waals surface area contributed by atoms with Crippen LogP contribution in [0.15, 0.2) is 47.4 Å². The molecule has 2 aromatic carbocycles. The number of carbonyl (C=O) groups is 1. The maximum absolute atomic E-state index is 13.0. The van der Waals surface area contributed by atoms with E-state index in [0.717, 1.165) is 41.1 Å². The van der Waals surface area contributed by atoms with Gasteiger partial charge in [0.2, 0.25) is 15.9 Å². The summed E-state index contributed by atoms with van der Waals surface area (Å²) in [7, 11) is -3.88. The summed E-state index contributed by atoms with van der Waals surface area (Å²) >= 11 is 0. The molecule has 0 aromatic heterocycles. The van der Waals surface area contributed by atoms with Gasteiger partial charge in [-0.05, 0) is 81.0 Å². The van der Waals surface area contributed by atoms with Crippen LogP contribution >= 0.6 is 0 Å². The highest BCUT2D eigenvalue weighted by atomic mass is 32.2. The molecule has 0 radical (unpaired) electrons. The highest BCUT2D eigenvalue weighted by molar-refractivity contribution is 7.89. The van der Waals surface area contributed by atoms with E-state index in [1.54, 1.807) is 0 Å². The molecule has 0 aliphatic carbocycles. The predicted molar refractivity (Wildman–Crippen MR) is 137 cm³/mol. The lowest BCUT2D eigenvalue weighted by Gasteiger charge is -2.34. The lowest BCUT2D eigenvalue weighted by Crippen LogP contribution is -2.49. The van der Waals surface area contributed by atoms with Crippen molar-refractivity contribution >= 4 is 15.9 Å². The molecule has 7 nitrogen and oxygen atoms in total. The van der Waals surface area contributed by atoms with Gasteiger partial charge in [-0.3, -0.25) is 4.79 Å². The molecule has 1 aliphatic heterocycles. The van der Waals surface area contributed by atoms with E-state index < -0.39 is 27.6 Å². The van der Waals surface area contributed by atoms with Crippen molar-refractivity contribution < 1.29 is 35.9 Å². The number of sulfonamides is 1. The highest BCUT2D eigenvalue weighted by Crippen LogP contribution is 2.28. The number of amides is 1. The minimum Gasteiger partial charge on any atom is -0.493 e. The molecule has 0 atom stereocenters. The molecular formula is C27H35F3N2O5S. The molecule has 0 bridgehead atoms. The van der Waals surface area contributed by atoms with Crippen LogP contribution in [-0.2, 0) is 14.8 Å². The summed E-state index contributed by atoms with van der Waals surface area (Å²) in [6.45, 7) is 8.65. The molecule has 1 N–H and O–H groups in total. The predicted octanol–water partition coefficient (Wildman–Crippen LogP) is 5.36. The Balaban J connectivity index is 1.46. The standard InChI is InChI=1S/C27H35F3N2O5S/c1-19-6-7-20(2)24(18-19)36-17-5-14-26(3,4)25(33)31-21-12-15-32(16-13-21)38(34,35)23-10-8-22(9-11-23)37-27(28,29)30/h6-11,18,21H,5,12-17H2,1-4H3,(H,31,33). The number of halogens is 3. The van der Waals surface area contributed by atoms with Crippen molar-refractivity contribution in [1.29, 1.82) is 0 Å². The molecule has 1 heterocycles. The first kappa shape index (κ1) is 29.8. The number of rotatable bonds is 10. The largest absolute Gasteiger partial charge is 0.573 e. The second-order valence-corrected chi connectivity index (χ2v) is 12.2. The van der Waals surface area contributed by atoms with Crippen molar-refractivity contribution in [2.75, 3.05) is 19.7 Å². The lowest BCUT2D eigenvalue weighted by atomic mass is 9.86. The SMILES string of the molecule is Cc1ccc(C)c(OCCCC(C)(C)C(=O)NC2CCN(S(=O)(=O)c3ccc(OC(F)(F)F)cc3)CC2)c1. The Morgan fingerprint density at radius 1 is 1.05 bits per heavy atom. The van der Waals surface area contributed by atoms with E-state index in [2.05, 4.69) is 10.1 Å². The summed E-state index contributed by atoms with van der Waals surface area (Å²) in [6.07, 6.45) is -2.64. The Morgan fingerprint density at radius 3 is 2.29 bits per heavy atom. The van der Waals surface area contributed by atoms with Crippen LogP contribution in [0.2, 0.25) is 0 Å². The Hall–Kier alpha value is -2.79. The van der Waals surface area contributed by atoms with Crippen LogP contribution in [-0.4, -0.2) is 50.7 Å². The van der Waals surface area contributed by atoms with Crippen LogP contribution in [0.4, 0.5) is 13.2 Å². The zero-order valence-electron chi connectivity index (χ0n) is 22.1. The monoisotopic (exact) mass is 556 g/mol. The first-order valence-corrected chi connectivity index (χ1v) is 14.0. The van der Waals surface area contributed by atoms with Gasteiger partial charge < -0.3 is 14.8 Å². The minimum absolute atomic E-state index is 0.0919. The second-order valence-electron chi connectivity index (χ2n) is 10.3. The Labute approximate surface area is 222 Å². The second kappa shape index (κ2) is 11.9. The van der Waals surface area contributed by atoms with Crippen molar-refractivity contribution in [2.24, 2.45) is 5.41 Å². The quantitative estimate of drug-likeness (QED) is 0.399. The summed E-state index contributed by atoms with van der Waals surface area (Å²) in [5, 5.41) is 3.05. The van der Waals surface area contributed by atoms with Gasteiger partial charge in [0.1, 0.15) is 11.5 Å². The van der Waals surface area contributed by atoms with Crippen LogP contribution < -0.4 is 14.8 Å². The van der Waals surface area contributed by atoms with Crippen molar-refractivity contribution in [3.05, 3.63) is 53.6 Å². The van der Waals surface area contributed by atoms with E-state index in [4.69, 9.17) is 4.74 Å². The molecule has 1 aliphatic rings. The lowest BCUT2D eigenvalue weighted by molar-refractivity contribution is -0.274. The van der Waals surface area contributed by atoms with Crippen molar-refractivity contribution in [3.8, 4) is 11.5 Å². The van der Waals surface area contributed by atoms with Gasteiger partial charge in [0.15, 0.2) is 0 Å². The number of carbonyl (C=O) groups excluding carboxylic acids is 1. The fourth-order valence-electron chi connectivity index (χ4n) is 4.26. The van der Waals surface area contributed by atoms with Gasteiger partial charge in [0.05, 0.1) is 11.5 Å². The van der Waals surface area contributed by atoms with Crippen molar-refractivity contribution in [2.45, 2.75) is 70.7 Å². The van der Waals surface area contributed by atoms with Gasteiger partial charge in [-0.15, -0.1) is 13.2 Å². The zero-order chi connectivity index (χ0) is 28.1. The van der Waals surface area contributed by atoms with Gasteiger partial charge in [0, 0.05) is 24.5 Å². The molecule has 0 saturated carbocycles. The van der Waals surface area contributed by atoms with Crippen LogP contribution in [0.3, 0.4) is 0 Å². The third kappa shape index (κ3) is 8.10. The van der Waals surface area contributed by atoms with E-state index in [9.17, 15) is 26.4 Å². The van der Waals surface area contributed by atoms with Gasteiger partial charge in [-0.2, -0.15) is 4.31 Å². The van der Waals surface area contributed by atoms with E-state index in [0.29, 0.717) is 32.3 Å². The smallest absolute Gasteiger partial charge is 0.493 e. The van der Waals surface area contributed by atoms with Gasteiger partial charge in [-0.25, -0.2) is 8.42 Å². The maximum atomic E-state index is 13.0. The third-order valence-electron chi connectivity index (χ3n) is 6.65. The number of nitrogens with one attached hydrogen (secondary N) is 1. The summed E-state index contributed by atoms with van der Waals surface area (Å²) in [5.41, 5.74) is 1.57. The third-order valence-corrected chi connectivity index (χ3v) is 8.56. The number of ether oxygens (including phenoxy) is 2. The maximum Gasteiger partial charge on any atom is 0.573 e. The number of nitrogens with zero attached hydrogens (tertiary/aromatic N) is 1. The molecule has 2 aromatic rings. The Kier molecular flexibility index (Phi) is 9.35. The van der Waals surface area contributed by atoms with E-state index in [1.807, 2.05) is 45.9 Å². The van der Waals surface area contributed by atoms with Gasteiger partial charge in [-0.1, -0.05) is 26.0 Å². The summed E-state index contributed by atoms with van der Waals surface area (Å²) in [6, 6.07) is 10.0. The zero-order valence-corrected chi connectivity index (χ0v) is 22.9. The summed E-state index contributed by atoms with van der Waals surface area (Å²) < 4.78 is 73.9. The number of benzene rings is 2. The van der Waals surface area contributed by atoms with E-state index in [-0.39, 0.29) is 29.9 Å². The molecule has 0 unspecified atom stereocenters. The van der Waals surface area contributed by atoms with Crippen LogP contribution in [0.1, 0.15) is 50.7 Å². The number of hydrogen-bond acceptors (Lipinski definition) is 5. The topological polar surface area (TPSA) is 84.9 Å². The Morgan fingerprint density at radius 2 is 1.68 bits per heavy atom. The summed E-state index contributed by atoms with van der Waals surface area (Å²) in [5.74, 6) is 0.266. The molecule has 38 heavy (non-hydrogen) atoms. The van der Waals surface area contributed by atoms with Crippen molar-refractivity contribution in [3.63, 3.8) is 0 Å². The average molecular weight is 557 g/mol. The number of hydrogen-bond donors (Lipinski definition) is 1. The first-order chi connectivity index (χ1) is 17.7. The number of alkyl halides is 3. The van der Waals surface area contributed by atoms with E-state index in [1.165, 1.54) is 4.31 Å². The first-order valence-electron chi connectivity index (χ1n) is 12.5. The summed E-state index contributed by atoms with van der Waals surface area (Å²) in [4.78, 5) is 12.8. The molecule has 0 spiro atoms. The van der Waals surface area contributed by atoms with Gasteiger partial charge >= 0.3 is 6.36 Å². The number of aryl methyl sites for hydroxylation is 2. The number of piperidine rings is 1. The van der Waals surface area contributed by atoms with Crippen LogP contribution in [0.5, 0.6) is 11.5 Å². The van der Waals surface area contributed by atoms with E-state index >= 15 is 0 Å². The molecule has 1 amide bonds. The van der Waals surface area contributed by atoms with Crippen LogP contribution in [0.25, 0.3) is 0 Å². The fraction of sp³-hybridized carbons (Fsp3) is 0.519. The molecule has 210 valence electrons. The highest BCUT2D eigenvalue weighted by Gasteiger charge is 2.34.